The van der Waals surface area contributed by atoms with Gasteiger partial charge in [-0.25, -0.2) is 0 Å². The number of Topliss-reactive ketones (excluding diaryl/α,β-unsaturated/α-hetero) is 1. The second-order valence-electron chi connectivity index (χ2n) is 7.16. The standard InChI is InChI=1S/C20H27NO2/c1-2-7-18(14-8-4-3-5-9-14)21-20(23)17-12-15-10-6-11-16(13-17)19(15)22/h3-5,8-9,15-18H,2,6-7,10-13H2,1H3,(H,21,23)/t15-,16+,17?,18-/m1/s1. The molecule has 2 bridgehead atoms. The minimum atomic E-state index is 0.0195. The number of ketones is 1. The van der Waals surface area contributed by atoms with Gasteiger partial charge in [0, 0.05) is 17.8 Å². The van der Waals surface area contributed by atoms with Gasteiger partial charge in [0.05, 0.1) is 6.04 Å². The first-order valence-corrected chi connectivity index (χ1v) is 9.08. The molecule has 1 unspecified atom stereocenters. The summed E-state index contributed by atoms with van der Waals surface area (Å²) in [6.07, 6.45) is 6.62. The number of benzene rings is 1. The Balaban J connectivity index is 1.66. The van der Waals surface area contributed by atoms with Crippen molar-refractivity contribution in [2.24, 2.45) is 17.8 Å². The van der Waals surface area contributed by atoms with Crippen molar-refractivity contribution in [3.05, 3.63) is 35.9 Å². The molecule has 124 valence electrons. The molecule has 3 rings (SSSR count). The minimum absolute atomic E-state index is 0.0195. The van der Waals surface area contributed by atoms with Gasteiger partial charge in [-0.05, 0) is 37.7 Å². The van der Waals surface area contributed by atoms with Gasteiger partial charge in [-0.2, -0.15) is 0 Å². The summed E-state index contributed by atoms with van der Waals surface area (Å²) in [4.78, 5) is 25.0. The molecule has 0 radical (unpaired) electrons. The van der Waals surface area contributed by atoms with E-state index in [1.54, 1.807) is 0 Å². The first kappa shape index (κ1) is 16.2. The summed E-state index contributed by atoms with van der Waals surface area (Å²) in [5.74, 6) is 0.871. The van der Waals surface area contributed by atoms with Crippen LogP contribution in [0.5, 0.6) is 0 Å². The van der Waals surface area contributed by atoms with E-state index in [0.717, 1.165) is 44.9 Å². The molecule has 1 N–H and O–H groups in total. The van der Waals surface area contributed by atoms with Crippen LogP contribution in [0.15, 0.2) is 30.3 Å². The third kappa shape index (κ3) is 3.65. The van der Waals surface area contributed by atoms with Crippen molar-refractivity contribution >= 4 is 11.7 Å². The molecular formula is C20H27NO2. The highest BCUT2D eigenvalue weighted by Crippen LogP contribution is 2.40. The molecule has 2 saturated carbocycles. The van der Waals surface area contributed by atoms with E-state index >= 15 is 0 Å². The van der Waals surface area contributed by atoms with Crippen LogP contribution < -0.4 is 5.32 Å². The highest BCUT2D eigenvalue weighted by molar-refractivity contribution is 5.88. The Morgan fingerprint density at radius 1 is 1.17 bits per heavy atom. The zero-order valence-corrected chi connectivity index (χ0v) is 14.0. The van der Waals surface area contributed by atoms with Crippen molar-refractivity contribution in [2.45, 2.75) is 57.9 Å². The molecule has 23 heavy (non-hydrogen) atoms. The number of rotatable bonds is 5. The first-order chi connectivity index (χ1) is 11.2. The van der Waals surface area contributed by atoms with Crippen molar-refractivity contribution in [1.29, 1.82) is 0 Å². The molecule has 0 aromatic heterocycles. The summed E-state index contributed by atoms with van der Waals surface area (Å²) in [5, 5.41) is 3.26. The van der Waals surface area contributed by atoms with E-state index in [9.17, 15) is 9.59 Å². The second kappa shape index (κ2) is 7.29. The van der Waals surface area contributed by atoms with Gasteiger partial charge >= 0.3 is 0 Å². The van der Waals surface area contributed by atoms with E-state index in [1.165, 1.54) is 5.56 Å². The maximum atomic E-state index is 12.8. The summed E-state index contributed by atoms with van der Waals surface area (Å²) in [6.45, 7) is 2.14. The number of carbonyl (C=O) groups is 2. The normalized spacial score (nSPS) is 28.2. The predicted molar refractivity (Wildman–Crippen MR) is 90.8 cm³/mol. The highest BCUT2D eigenvalue weighted by atomic mass is 16.2. The SMILES string of the molecule is CCC[C@@H](NC(=O)C1C[C@H]2CCC[C@@H](C1)C2=O)c1ccccc1. The molecule has 0 aliphatic heterocycles. The lowest BCUT2D eigenvalue weighted by Crippen LogP contribution is -2.43. The highest BCUT2D eigenvalue weighted by Gasteiger charge is 2.41. The van der Waals surface area contributed by atoms with Gasteiger partial charge in [0.15, 0.2) is 0 Å². The fourth-order valence-electron chi connectivity index (χ4n) is 4.28. The monoisotopic (exact) mass is 313 g/mol. The average Bonchev–Trinajstić information content (AvgIpc) is 2.55. The Morgan fingerprint density at radius 2 is 1.83 bits per heavy atom. The van der Waals surface area contributed by atoms with E-state index in [0.29, 0.717) is 5.78 Å². The van der Waals surface area contributed by atoms with Crippen LogP contribution in [-0.4, -0.2) is 11.7 Å². The summed E-state index contributed by atoms with van der Waals surface area (Å²) in [7, 11) is 0. The summed E-state index contributed by atoms with van der Waals surface area (Å²) < 4.78 is 0. The van der Waals surface area contributed by atoms with Gasteiger partial charge in [0.1, 0.15) is 5.78 Å². The van der Waals surface area contributed by atoms with Gasteiger partial charge in [-0.15, -0.1) is 0 Å². The molecule has 1 aromatic rings. The Labute approximate surface area is 138 Å². The van der Waals surface area contributed by atoms with E-state index in [1.807, 2.05) is 18.2 Å². The first-order valence-electron chi connectivity index (χ1n) is 9.08. The third-order valence-corrected chi connectivity index (χ3v) is 5.51. The molecule has 1 aromatic carbocycles. The number of carbonyl (C=O) groups excluding carboxylic acids is 2. The maximum absolute atomic E-state index is 12.8. The van der Waals surface area contributed by atoms with E-state index in [-0.39, 0.29) is 29.7 Å². The fraction of sp³-hybridized carbons (Fsp3) is 0.600. The van der Waals surface area contributed by atoms with Gasteiger partial charge < -0.3 is 5.32 Å². The van der Waals surface area contributed by atoms with Crippen molar-refractivity contribution in [3.8, 4) is 0 Å². The maximum Gasteiger partial charge on any atom is 0.223 e. The Hall–Kier alpha value is -1.64. The number of amides is 1. The average molecular weight is 313 g/mol. The molecule has 0 spiro atoms. The predicted octanol–water partition coefficient (Wildman–Crippen LogP) is 4.04. The molecular weight excluding hydrogens is 286 g/mol. The molecule has 0 heterocycles. The molecule has 3 nitrogen and oxygen atoms in total. The molecule has 0 saturated heterocycles. The zero-order chi connectivity index (χ0) is 16.2. The van der Waals surface area contributed by atoms with Crippen LogP contribution in [0.25, 0.3) is 0 Å². The lowest BCUT2D eigenvalue weighted by atomic mass is 9.67. The van der Waals surface area contributed by atoms with Crippen LogP contribution in [0, 0.1) is 17.8 Å². The minimum Gasteiger partial charge on any atom is -0.349 e. The van der Waals surface area contributed by atoms with E-state index in [2.05, 4.69) is 24.4 Å². The summed E-state index contributed by atoms with van der Waals surface area (Å²) in [5.41, 5.74) is 1.18. The van der Waals surface area contributed by atoms with E-state index in [4.69, 9.17) is 0 Å². The molecule has 2 aliphatic carbocycles. The van der Waals surface area contributed by atoms with Crippen molar-refractivity contribution < 1.29 is 9.59 Å². The van der Waals surface area contributed by atoms with Gasteiger partial charge in [-0.1, -0.05) is 50.1 Å². The second-order valence-corrected chi connectivity index (χ2v) is 7.16. The summed E-state index contributed by atoms with van der Waals surface area (Å²) in [6, 6.07) is 10.3. The fourth-order valence-corrected chi connectivity index (χ4v) is 4.28. The van der Waals surface area contributed by atoms with Crippen molar-refractivity contribution in [2.75, 3.05) is 0 Å². The van der Waals surface area contributed by atoms with Crippen LogP contribution in [0.1, 0.15) is 63.5 Å². The van der Waals surface area contributed by atoms with Gasteiger partial charge in [0.25, 0.3) is 0 Å². The van der Waals surface area contributed by atoms with Crippen LogP contribution >= 0.6 is 0 Å². The van der Waals surface area contributed by atoms with Gasteiger partial charge in [0.2, 0.25) is 5.91 Å². The Bertz CT molecular complexity index is 538. The number of nitrogens with one attached hydrogen (secondary N) is 1. The lowest BCUT2D eigenvalue weighted by molar-refractivity contribution is -0.138. The topological polar surface area (TPSA) is 46.2 Å². The third-order valence-electron chi connectivity index (χ3n) is 5.51. The van der Waals surface area contributed by atoms with Crippen molar-refractivity contribution in [1.82, 2.24) is 5.32 Å². The molecule has 1 amide bonds. The largest absolute Gasteiger partial charge is 0.349 e. The molecule has 2 fully saturated rings. The Morgan fingerprint density at radius 3 is 2.43 bits per heavy atom. The number of fused-ring (bicyclic) bond motifs is 2. The van der Waals surface area contributed by atoms with E-state index < -0.39 is 0 Å². The smallest absolute Gasteiger partial charge is 0.223 e. The van der Waals surface area contributed by atoms with Crippen LogP contribution in [-0.2, 0) is 9.59 Å². The number of hydrogen-bond donors (Lipinski definition) is 1. The van der Waals surface area contributed by atoms with Gasteiger partial charge in [-0.3, -0.25) is 9.59 Å². The quantitative estimate of drug-likeness (QED) is 0.891. The zero-order valence-electron chi connectivity index (χ0n) is 14.0. The van der Waals surface area contributed by atoms with Crippen LogP contribution in [0.4, 0.5) is 0 Å². The van der Waals surface area contributed by atoms with Crippen LogP contribution in [0.2, 0.25) is 0 Å². The Kier molecular flexibility index (Phi) is 5.14. The number of hydrogen-bond acceptors (Lipinski definition) is 2. The summed E-state index contributed by atoms with van der Waals surface area (Å²) >= 11 is 0. The van der Waals surface area contributed by atoms with Crippen molar-refractivity contribution in [3.63, 3.8) is 0 Å². The molecule has 3 heteroatoms. The lowest BCUT2D eigenvalue weighted by Gasteiger charge is -2.37. The molecule has 4 atom stereocenters. The van der Waals surface area contributed by atoms with Crippen LogP contribution in [0.3, 0.4) is 0 Å². The molecule has 2 aliphatic rings.